The second kappa shape index (κ2) is 9.74. The molecule has 3 aliphatic rings. The zero-order valence-corrected chi connectivity index (χ0v) is 25.5. The quantitative estimate of drug-likeness (QED) is 0.525. The van der Waals surface area contributed by atoms with Crippen LogP contribution in [0.3, 0.4) is 0 Å². The Hall–Kier alpha value is -2.16. The monoisotopic (exact) mass is 555 g/mol. The molecule has 39 heavy (non-hydrogen) atoms. The van der Waals surface area contributed by atoms with E-state index in [9.17, 15) is 13.2 Å². The molecule has 0 bridgehead atoms. The van der Waals surface area contributed by atoms with Crippen molar-refractivity contribution in [2.45, 2.75) is 97.4 Å². The molecule has 3 fully saturated rings. The van der Waals surface area contributed by atoms with Crippen molar-refractivity contribution in [3.63, 3.8) is 0 Å². The number of nitrogens with zero attached hydrogens (tertiary/aromatic N) is 2. The van der Waals surface area contributed by atoms with Gasteiger partial charge in [-0.25, -0.2) is 3.97 Å². The summed E-state index contributed by atoms with van der Waals surface area (Å²) in [5.41, 5.74) is 4.33. The summed E-state index contributed by atoms with van der Waals surface area (Å²) in [7, 11) is -3.90. The number of aromatic nitrogens is 1. The lowest BCUT2D eigenvalue weighted by Crippen LogP contribution is -2.48. The van der Waals surface area contributed by atoms with Crippen molar-refractivity contribution in [3.05, 3.63) is 46.6 Å². The van der Waals surface area contributed by atoms with Gasteiger partial charge in [0.15, 0.2) is 0 Å². The molecule has 1 saturated carbocycles. The first-order valence-electron chi connectivity index (χ1n) is 14.4. The van der Waals surface area contributed by atoms with Crippen LogP contribution in [0.2, 0.25) is 0 Å². The van der Waals surface area contributed by atoms with Crippen LogP contribution in [0, 0.1) is 12.3 Å². The molecule has 1 aliphatic carbocycles. The molecule has 0 unspecified atom stereocenters. The molecule has 2 saturated heterocycles. The second-order valence-electron chi connectivity index (χ2n) is 14.1. The van der Waals surface area contributed by atoms with Crippen molar-refractivity contribution < 1.29 is 17.9 Å². The van der Waals surface area contributed by atoms with Crippen LogP contribution >= 0.6 is 0 Å². The Morgan fingerprint density at radius 1 is 0.949 bits per heavy atom. The fourth-order valence-corrected chi connectivity index (χ4v) is 8.12. The Morgan fingerprint density at radius 3 is 2.05 bits per heavy atom. The van der Waals surface area contributed by atoms with Gasteiger partial charge in [0.05, 0.1) is 30.5 Å². The average Bonchev–Trinajstić information content (AvgIpc) is 3.54. The van der Waals surface area contributed by atoms with Gasteiger partial charge in [0.25, 0.3) is 5.91 Å². The minimum Gasteiger partial charge on any atom is -0.377 e. The number of ether oxygens (including phenoxy) is 1. The molecule has 8 heteroatoms. The number of benzene rings is 1. The van der Waals surface area contributed by atoms with Crippen molar-refractivity contribution in [2.24, 2.45) is 5.41 Å². The van der Waals surface area contributed by atoms with E-state index in [2.05, 4.69) is 65.1 Å². The predicted octanol–water partition coefficient (Wildman–Crippen LogP) is 5.55. The third-order valence-corrected chi connectivity index (χ3v) is 10.9. The van der Waals surface area contributed by atoms with Crippen LogP contribution in [0.25, 0.3) is 11.3 Å². The summed E-state index contributed by atoms with van der Waals surface area (Å²) >= 11 is 0. The molecule has 5 rings (SSSR count). The van der Waals surface area contributed by atoms with Crippen molar-refractivity contribution in [3.8, 4) is 11.3 Å². The topological polar surface area (TPSA) is 80.6 Å². The van der Waals surface area contributed by atoms with E-state index in [0.29, 0.717) is 43.3 Å². The summed E-state index contributed by atoms with van der Waals surface area (Å²) in [6.45, 7) is 16.8. The third-order valence-electron chi connectivity index (χ3n) is 9.00. The minimum absolute atomic E-state index is 0.0437. The number of rotatable bonds is 5. The predicted molar refractivity (Wildman–Crippen MR) is 155 cm³/mol. The normalized spacial score (nSPS) is 20.5. The van der Waals surface area contributed by atoms with E-state index in [1.165, 1.54) is 16.8 Å². The highest BCUT2D eigenvalue weighted by Gasteiger charge is 2.45. The molecule has 7 nitrogen and oxygen atoms in total. The first-order chi connectivity index (χ1) is 18.1. The number of carbonyl (C=O) groups excluding carboxylic acids is 1. The maximum atomic E-state index is 14.4. The summed E-state index contributed by atoms with van der Waals surface area (Å²) in [6.07, 6.45) is 5.44. The van der Waals surface area contributed by atoms with E-state index >= 15 is 0 Å². The fourth-order valence-electron chi connectivity index (χ4n) is 6.28. The molecule has 2 aromatic rings. The maximum Gasteiger partial charge on any atom is 0.308 e. The molecule has 0 atom stereocenters. The van der Waals surface area contributed by atoms with Gasteiger partial charge in [-0.1, -0.05) is 60.5 Å². The van der Waals surface area contributed by atoms with Crippen LogP contribution in [-0.4, -0.2) is 54.9 Å². The van der Waals surface area contributed by atoms with Crippen LogP contribution < -0.4 is 5.32 Å². The Kier molecular flexibility index (Phi) is 7.08. The van der Waals surface area contributed by atoms with Gasteiger partial charge in [0.2, 0.25) is 0 Å². The van der Waals surface area contributed by atoms with E-state index < -0.39 is 10.2 Å². The summed E-state index contributed by atoms with van der Waals surface area (Å²) in [6, 6.07) is 8.15. The molecule has 0 radical (unpaired) electrons. The van der Waals surface area contributed by atoms with E-state index in [1.807, 2.05) is 0 Å². The van der Waals surface area contributed by atoms with E-state index in [4.69, 9.17) is 4.74 Å². The molecule has 1 aromatic carbocycles. The van der Waals surface area contributed by atoms with Gasteiger partial charge in [-0.3, -0.25) is 4.79 Å². The Balaban J connectivity index is 1.67. The van der Waals surface area contributed by atoms with Gasteiger partial charge in [-0.05, 0) is 77.3 Å². The molecule has 1 aromatic heterocycles. The van der Waals surface area contributed by atoms with Gasteiger partial charge < -0.3 is 10.1 Å². The molecule has 3 heterocycles. The Morgan fingerprint density at radius 2 is 1.54 bits per heavy atom. The minimum atomic E-state index is -3.90. The van der Waals surface area contributed by atoms with Gasteiger partial charge in [0, 0.05) is 18.8 Å². The molecule has 1 N–H and O–H groups in total. The molecular weight excluding hydrogens is 510 g/mol. The number of carbonyl (C=O) groups is 1. The SMILES string of the molecule is Cc1c(C(=O)NC2COC2)cc(-c2cc(C(C)(C)C)cc(C(C)(C)C)c2)n1S(=O)(=O)N1CCC2(CCCC2)C1. The summed E-state index contributed by atoms with van der Waals surface area (Å²) in [4.78, 5) is 13.4. The van der Waals surface area contributed by atoms with Gasteiger partial charge in [-0.2, -0.15) is 12.7 Å². The number of hydrogen-bond acceptors (Lipinski definition) is 4. The first-order valence-corrected chi connectivity index (χ1v) is 15.8. The Bertz CT molecular complexity index is 1340. The molecule has 1 amide bonds. The second-order valence-corrected chi connectivity index (χ2v) is 15.9. The highest BCUT2D eigenvalue weighted by molar-refractivity contribution is 7.87. The maximum absolute atomic E-state index is 14.4. The highest BCUT2D eigenvalue weighted by Crippen LogP contribution is 2.46. The lowest BCUT2D eigenvalue weighted by molar-refractivity contribution is -0.00347. The number of hydrogen-bond donors (Lipinski definition) is 1. The fraction of sp³-hybridized carbons (Fsp3) is 0.645. The smallest absolute Gasteiger partial charge is 0.308 e. The molecule has 2 aliphatic heterocycles. The Labute approximate surface area is 234 Å². The first kappa shape index (κ1) is 28.4. The van der Waals surface area contributed by atoms with Crippen molar-refractivity contribution in [1.82, 2.24) is 13.6 Å². The highest BCUT2D eigenvalue weighted by atomic mass is 32.2. The van der Waals surface area contributed by atoms with Gasteiger partial charge in [0.1, 0.15) is 0 Å². The third kappa shape index (κ3) is 5.32. The summed E-state index contributed by atoms with van der Waals surface area (Å²) in [5, 5.41) is 3.01. The van der Waals surface area contributed by atoms with Crippen LogP contribution in [0.5, 0.6) is 0 Å². The van der Waals surface area contributed by atoms with Crippen LogP contribution in [-0.2, 0) is 25.8 Å². The van der Waals surface area contributed by atoms with E-state index in [-0.39, 0.29) is 28.2 Å². The molecular formula is C31H45N3O4S. The van der Waals surface area contributed by atoms with E-state index in [0.717, 1.165) is 36.0 Å². The van der Waals surface area contributed by atoms with Crippen molar-refractivity contribution in [2.75, 3.05) is 26.3 Å². The largest absolute Gasteiger partial charge is 0.377 e. The van der Waals surface area contributed by atoms with Crippen LogP contribution in [0.15, 0.2) is 24.3 Å². The van der Waals surface area contributed by atoms with Crippen molar-refractivity contribution in [1.29, 1.82) is 0 Å². The summed E-state index contributed by atoms with van der Waals surface area (Å²) < 4.78 is 37.2. The molecule has 1 spiro atoms. The van der Waals surface area contributed by atoms with Crippen molar-refractivity contribution >= 4 is 16.1 Å². The zero-order chi connectivity index (χ0) is 28.4. The number of amides is 1. The number of nitrogens with one attached hydrogen (secondary N) is 1. The summed E-state index contributed by atoms with van der Waals surface area (Å²) in [5.74, 6) is -0.257. The zero-order valence-electron chi connectivity index (χ0n) is 24.7. The van der Waals surface area contributed by atoms with Gasteiger partial charge >= 0.3 is 10.2 Å². The van der Waals surface area contributed by atoms with Crippen LogP contribution in [0.1, 0.15) is 101 Å². The van der Waals surface area contributed by atoms with Crippen LogP contribution in [0.4, 0.5) is 0 Å². The molecule has 214 valence electrons. The average molecular weight is 556 g/mol. The standard InChI is InChI=1S/C31H45N3O4S/c1-21-26(28(35)32-25-18-38-19-25)17-27(22-14-23(29(2,3)4)16-24(15-22)30(5,6)7)34(21)39(36,37)33-13-12-31(20-33)10-8-9-11-31/h14-17,25H,8-13,18-20H2,1-7H3,(H,32,35). The lowest BCUT2D eigenvalue weighted by Gasteiger charge is -2.27. The van der Waals surface area contributed by atoms with E-state index in [1.54, 1.807) is 17.3 Å². The lowest BCUT2D eigenvalue weighted by atomic mass is 9.79. The van der Waals surface area contributed by atoms with Gasteiger partial charge in [-0.15, -0.1) is 0 Å².